The first-order valence-corrected chi connectivity index (χ1v) is 10.2. The first kappa shape index (κ1) is 19.9. The van der Waals surface area contributed by atoms with Crippen LogP contribution in [0.1, 0.15) is 36.4 Å². The van der Waals surface area contributed by atoms with Crippen LogP contribution in [-0.4, -0.2) is 30.3 Å². The average molecular weight is 398 g/mol. The Bertz CT molecular complexity index is 860. The Morgan fingerprint density at radius 1 is 1.24 bits per heavy atom. The number of aliphatic carboxylic acids is 1. The second-order valence-corrected chi connectivity index (χ2v) is 8.04. The highest BCUT2D eigenvalue weighted by molar-refractivity contribution is 5.71. The van der Waals surface area contributed by atoms with Crippen molar-refractivity contribution in [2.45, 2.75) is 43.9 Å². The molecule has 5 nitrogen and oxygen atoms in total. The second-order valence-electron chi connectivity index (χ2n) is 8.04. The number of carboxylic acid groups (broad SMARTS) is 1. The zero-order valence-electron chi connectivity index (χ0n) is 16.5. The fraction of sp³-hybridized carbons (Fsp3) is 0.435. The molecule has 0 spiro atoms. The van der Waals surface area contributed by atoms with Gasteiger partial charge in [0.25, 0.3) is 0 Å². The molecule has 5 unspecified atom stereocenters. The van der Waals surface area contributed by atoms with Crippen LogP contribution in [0.3, 0.4) is 0 Å². The van der Waals surface area contributed by atoms with Crippen LogP contribution in [0.25, 0.3) is 0 Å². The monoisotopic (exact) mass is 398 g/mol. The summed E-state index contributed by atoms with van der Waals surface area (Å²) in [6.07, 6.45) is 2.38. The van der Waals surface area contributed by atoms with E-state index in [-0.39, 0.29) is 29.9 Å². The van der Waals surface area contributed by atoms with Gasteiger partial charge in [0.05, 0.1) is 13.0 Å². The molecule has 1 heterocycles. The van der Waals surface area contributed by atoms with Crippen LogP contribution in [0.2, 0.25) is 0 Å². The lowest BCUT2D eigenvalue weighted by Gasteiger charge is -2.49. The van der Waals surface area contributed by atoms with E-state index in [0.717, 1.165) is 24.0 Å². The van der Waals surface area contributed by atoms with Gasteiger partial charge >= 0.3 is 5.97 Å². The van der Waals surface area contributed by atoms with Gasteiger partial charge in [-0.3, -0.25) is 4.79 Å². The molecule has 2 fully saturated rings. The first-order chi connectivity index (χ1) is 14.1. The Hall–Kier alpha value is -2.44. The Kier molecular flexibility index (Phi) is 5.83. The number of benzene rings is 2. The van der Waals surface area contributed by atoms with Crippen LogP contribution < -0.4 is 15.4 Å². The van der Waals surface area contributed by atoms with Gasteiger partial charge in [-0.25, -0.2) is 4.39 Å². The summed E-state index contributed by atoms with van der Waals surface area (Å²) in [5.74, 6) is -0.329. The van der Waals surface area contributed by atoms with Crippen molar-refractivity contribution in [3.63, 3.8) is 0 Å². The molecular weight excluding hydrogens is 371 g/mol. The zero-order chi connectivity index (χ0) is 20.4. The average Bonchev–Trinajstić information content (AvgIpc) is 2.73. The minimum absolute atomic E-state index is 0.00153. The van der Waals surface area contributed by atoms with Crippen molar-refractivity contribution in [3.8, 4) is 5.75 Å². The molecule has 1 saturated carbocycles. The van der Waals surface area contributed by atoms with Gasteiger partial charge < -0.3 is 20.5 Å². The summed E-state index contributed by atoms with van der Waals surface area (Å²) in [7, 11) is 1.59. The third kappa shape index (κ3) is 4.14. The Morgan fingerprint density at radius 2 is 2.03 bits per heavy atom. The minimum atomic E-state index is -0.719. The van der Waals surface area contributed by atoms with Crippen molar-refractivity contribution in [2.24, 2.45) is 11.8 Å². The van der Waals surface area contributed by atoms with E-state index in [2.05, 4.69) is 22.8 Å². The van der Waals surface area contributed by atoms with Gasteiger partial charge in [0.1, 0.15) is 11.6 Å². The molecule has 1 aliphatic heterocycles. The number of fused-ring (bicyclic) bond motifs is 2. The number of carboxylic acids is 1. The number of hydrogen-bond acceptors (Lipinski definition) is 4. The van der Waals surface area contributed by atoms with Gasteiger partial charge in [0.15, 0.2) is 0 Å². The summed E-state index contributed by atoms with van der Waals surface area (Å²) >= 11 is 0. The normalized spacial score (nSPS) is 28.7. The van der Waals surface area contributed by atoms with Crippen LogP contribution >= 0.6 is 0 Å². The van der Waals surface area contributed by atoms with Gasteiger partial charge in [-0.05, 0) is 48.9 Å². The molecule has 5 atom stereocenters. The van der Waals surface area contributed by atoms with E-state index in [9.17, 15) is 14.3 Å². The smallest absolute Gasteiger partial charge is 0.308 e. The summed E-state index contributed by atoms with van der Waals surface area (Å²) < 4.78 is 19.1. The predicted octanol–water partition coefficient (Wildman–Crippen LogP) is 3.51. The molecule has 0 aromatic heterocycles. The molecule has 29 heavy (non-hydrogen) atoms. The van der Waals surface area contributed by atoms with Crippen LogP contribution in [0, 0.1) is 17.7 Å². The van der Waals surface area contributed by atoms with E-state index in [4.69, 9.17) is 4.74 Å². The van der Waals surface area contributed by atoms with Crippen LogP contribution in [0.15, 0.2) is 48.5 Å². The molecule has 2 aromatic rings. The van der Waals surface area contributed by atoms with E-state index in [1.165, 1.54) is 12.1 Å². The lowest BCUT2D eigenvalue weighted by Crippen LogP contribution is -2.60. The summed E-state index contributed by atoms with van der Waals surface area (Å²) in [5.41, 5.74) is 1.91. The highest BCUT2D eigenvalue weighted by atomic mass is 19.1. The minimum Gasteiger partial charge on any atom is -0.496 e. The molecule has 3 N–H and O–H groups in total. The van der Waals surface area contributed by atoms with Crippen molar-refractivity contribution in [2.75, 3.05) is 7.11 Å². The highest BCUT2D eigenvalue weighted by Gasteiger charge is 2.45. The summed E-state index contributed by atoms with van der Waals surface area (Å²) in [4.78, 5) is 11.7. The van der Waals surface area contributed by atoms with Gasteiger partial charge in [-0.1, -0.05) is 30.3 Å². The molecule has 0 amide bonds. The quantitative estimate of drug-likeness (QED) is 0.695. The maximum atomic E-state index is 13.8. The van der Waals surface area contributed by atoms with Crippen LogP contribution in [-0.2, 0) is 11.3 Å². The van der Waals surface area contributed by atoms with Crippen LogP contribution in [0.4, 0.5) is 4.39 Å². The van der Waals surface area contributed by atoms with Gasteiger partial charge in [0.2, 0.25) is 0 Å². The van der Waals surface area contributed by atoms with Crippen molar-refractivity contribution in [1.82, 2.24) is 10.6 Å². The molecule has 154 valence electrons. The molecule has 1 saturated heterocycles. The Balaban J connectivity index is 1.58. The lowest BCUT2D eigenvalue weighted by molar-refractivity contribution is -0.145. The van der Waals surface area contributed by atoms with Crippen molar-refractivity contribution < 1.29 is 19.0 Å². The molecule has 1 aliphatic carbocycles. The first-order valence-electron chi connectivity index (χ1n) is 10.2. The third-order valence-corrected chi connectivity index (χ3v) is 6.40. The van der Waals surface area contributed by atoms with E-state index < -0.39 is 5.97 Å². The van der Waals surface area contributed by atoms with E-state index >= 15 is 0 Å². The van der Waals surface area contributed by atoms with Crippen molar-refractivity contribution in [1.29, 1.82) is 0 Å². The largest absolute Gasteiger partial charge is 0.496 e. The number of piperidine rings is 1. The third-order valence-electron chi connectivity index (χ3n) is 6.40. The number of halogens is 1. The van der Waals surface area contributed by atoms with Gasteiger partial charge in [-0.15, -0.1) is 0 Å². The summed E-state index contributed by atoms with van der Waals surface area (Å²) in [6, 6.07) is 14.8. The maximum absolute atomic E-state index is 13.8. The fourth-order valence-electron chi connectivity index (χ4n) is 4.98. The molecule has 4 rings (SSSR count). The van der Waals surface area contributed by atoms with E-state index in [1.54, 1.807) is 13.2 Å². The highest BCUT2D eigenvalue weighted by Crippen LogP contribution is 2.41. The summed E-state index contributed by atoms with van der Waals surface area (Å²) in [5, 5.41) is 16.8. The van der Waals surface area contributed by atoms with Gasteiger partial charge in [0, 0.05) is 30.2 Å². The maximum Gasteiger partial charge on any atom is 0.308 e. The molecule has 2 bridgehead atoms. The van der Waals surface area contributed by atoms with Crippen molar-refractivity contribution in [3.05, 3.63) is 65.5 Å². The topological polar surface area (TPSA) is 70.6 Å². The number of nitrogens with one attached hydrogen (secondary N) is 2. The lowest BCUT2D eigenvalue weighted by atomic mass is 9.69. The SMILES string of the molecule is COc1ccc(F)cc1CNC1C2CCC(C(=O)O)C(C2)NC1c1ccccc1. The van der Waals surface area contributed by atoms with E-state index in [0.29, 0.717) is 24.6 Å². The number of methoxy groups -OCH3 is 1. The van der Waals surface area contributed by atoms with Crippen molar-refractivity contribution >= 4 is 5.97 Å². The number of carbonyl (C=O) groups is 1. The van der Waals surface area contributed by atoms with Gasteiger partial charge in [-0.2, -0.15) is 0 Å². The second kappa shape index (κ2) is 8.51. The molecular formula is C23H27FN2O3. The van der Waals surface area contributed by atoms with E-state index in [1.807, 2.05) is 18.2 Å². The standard InChI is InChI=1S/C23H27FN2O3/c1-29-20-10-8-17(24)11-16(20)13-25-21-15-7-9-18(23(27)28)19(12-15)26-22(21)14-5-3-2-4-6-14/h2-6,8,10-11,15,18-19,21-22,25-26H,7,9,12-13H2,1H3,(H,27,28). The molecule has 0 radical (unpaired) electrons. The number of rotatable bonds is 6. The number of hydrogen-bond donors (Lipinski definition) is 3. The summed E-state index contributed by atoms with van der Waals surface area (Å²) in [6.45, 7) is 0.486. The molecule has 6 heteroatoms. The Labute approximate surface area is 170 Å². The molecule has 2 aromatic carbocycles. The fourth-order valence-corrected chi connectivity index (χ4v) is 4.98. The number of ether oxygens (including phenoxy) is 1. The van der Waals surface area contributed by atoms with Crippen LogP contribution in [0.5, 0.6) is 5.75 Å². The Morgan fingerprint density at radius 3 is 2.76 bits per heavy atom. The molecule has 2 aliphatic rings. The zero-order valence-corrected chi connectivity index (χ0v) is 16.5. The predicted molar refractivity (Wildman–Crippen MR) is 108 cm³/mol.